The summed E-state index contributed by atoms with van der Waals surface area (Å²) in [5.74, 6) is -0.212. The Hall–Kier alpha value is -2.40. The van der Waals surface area contributed by atoms with E-state index in [2.05, 4.69) is 4.98 Å². The minimum absolute atomic E-state index is 0.0750. The molecule has 0 aliphatic carbocycles. The van der Waals surface area contributed by atoms with Crippen LogP contribution in [0.4, 0.5) is 0 Å². The van der Waals surface area contributed by atoms with E-state index >= 15 is 0 Å². The first kappa shape index (κ1) is 16.5. The van der Waals surface area contributed by atoms with Gasteiger partial charge in [0.1, 0.15) is 12.2 Å². The molecule has 1 unspecified atom stereocenters. The van der Waals surface area contributed by atoms with Crippen LogP contribution >= 0.6 is 11.6 Å². The van der Waals surface area contributed by atoms with Crippen LogP contribution in [-0.2, 0) is 16.0 Å². The molecule has 0 N–H and O–H groups in total. The normalized spacial score (nSPS) is 20.5. The number of rotatable bonds is 3. The van der Waals surface area contributed by atoms with Gasteiger partial charge in [0.05, 0.1) is 0 Å². The number of carbonyl (C=O) groups is 2. The molecule has 0 spiro atoms. The number of amides is 2. The molecule has 0 bridgehead atoms. The molecule has 6 heteroatoms. The molecule has 1 aliphatic heterocycles. The number of likely N-dealkylation sites (N-methyl/N-ethyl adjacent to an activating group) is 1. The molecular weight excluding hydrogens is 326 g/mol. The number of benzene rings is 1. The molecular formula is C18H18ClN3O2. The first-order valence-corrected chi connectivity index (χ1v) is 8.07. The van der Waals surface area contributed by atoms with Crippen LogP contribution in [0.25, 0.3) is 0 Å². The molecule has 2 aromatic rings. The molecule has 1 aromatic carbocycles. The standard InChI is InChI=1S/C18H18ClN3O2/c1-12(23)22-16(10-13-4-3-9-20-11-13)18(24)21(2)17(22)14-5-7-15(19)8-6-14/h3-9,11,16-17H,10H2,1-2H3/t16-,17?/m1/s1. The maximum Gasteiger partial charge on any atom is 0.247 e. The predicted molar refractivity (Wildman–Crippen MR) is 91.2 cm³/mol. The van der Waals surface area contributed by atoms with Gasteiger partial charge in [0.2, 0.25) is 11.8 Å². The van der Waals surface area contributed by atoms with Gasteiger partial charge in [-0.25, -0.2) is 0 Å². The smallest absolute Gasteiger partial charge is 0.247 e. The Morgan fingerprint density at radius 1 is 1.25 bits per heavy atom. The van der Waals surface area contributed by atoms with Gasteiger partial charge in [-0.1, -0.05) is 29.8 Å². The molecule has 24 heavy (non-hydrogen) atoms. The van der Waals surface area contributed by atoms with Crippen LogP contribution in [0.3, 0.4) is 0 Å². The molecule has 2 atom stereocenters. The van der Waals surface area contributed by atoms with Crippen LogP contribution in [0.15, 0.2) is 48.8 Å². The van der Waals surface area contributed by atoms with Crippen LogP contribution in [0, 0.1) is 0 Å². The lowest BCUT2D eigenvalue weighted by atomic mass is 10.1. The van der Waals surface area contributed by atoms with Crippen molar-refractivity contribution in [1.29, 1.82) is 0 Å². The topological polar surface area (TPSA) is 53.5 Å². The van der Waals surface area contributed by atoms with Gasteiger partial charge in [-0.3, -0.25) is 14.6 Å². The number of carbonyl (C=O) groups excluding carboxylic acids is 2. The van der Waals surface area contributed by atoms with Gasteiger partial charge in [-0.2, -0.15) is 0 Å². The molecule has 1 aliphatic rings. The number of halogens is 1. The van der Waals surface area contributed by atoms with Gasteiger partial charge in [0.25, 0.3) is 0 Å². The second kappa shape index (κ2) is 6.61. The molecule has 1 saturated heterocycles. The first-order valence-electron chi connectivity index (χ1n) is 7.69. The number of pyridine rings is 1. The Bertz CT molecular complexity index is 749. The van der Waals surface area contributed by atoms with E-state index in [1.165, 1.54) is 6.92 Å². The summed E-state index contributed by atoms with van der Waals surface area (Å²) in [6.07, 6.45) is 3.43. The molecule has 3 rings (SSSR count). The zero-order chi connectivity index (χ0) is 17.3. The van der Waals surface area contributed by atoms with Gasteiger partial charge in [0.15, 0.2) is 0 Å². The zero-order valence-electron chi connectivity index (χ0n) is 13.5. The summed E-state index contributed by atoms with van der Waals surface area (Å²) in [6, 6.07) is 10.4. The summed E-state index contributed by atoms with van der Waals surface area (Å²) in [4.78, 5) is 32.4. The molecule has 1 aromatic heterocycles. The van der Waals surface area contributed by atoms with E-state index in [0.29, 0.717) is 11.4 Å². The van der Waals surface area contributed by atoms with Gasteiger partial charge in [-0.15, -0.1) is 0 Å². The number of nitrogens with zero attached hydrogens (tertiary/aromatic N) is 3. The summed E-state index contributed by atoms with van der Waals surface area (Å²) < 4.78 is 0. The maximum absolute atomic E-state index is 12.8. The van der Waals surface area contributed by atoms with Gasteiger partial charge < -0.3 is 9.80 Å². The van der Waals surface area contributed by atoms with E-state index in [0.717, 1.165) is 11.1 Å². The minimum Gasteiger partial charge on any atom is -0.319 e. The Morgan fingerprint density at radius 3 is 2.54 bits per heavy atom. The van der Waals surface area contributed by atoms with Crippen LogP contribution in [-0.4, -0.2) is 39.7 Å². The lowest BCUT2D eigenvalue weighted by molar-refractivity contribution is -0.134. The van der Waals surface area contributed by atoms with E-state index in [1.807, 2.05) is 24.3 Å². The molecule has 1 fully saturated rings. The van der Waals surface area contributed by atoms with E-state index in [9.17, 15) is 9.59 Å². The highest BCUT2D eigenvalue weighted by molar-refractivity contribution is 6.30. The third-order valence-electron chi connectivity index (χ3n) is 4.28. The minimum atomic E-state index is -0.530. The van der Waals surface area contributed by atoms with Gasteiger partial charge >= 0.3 is 0 Å². The van der Waals surface area contributed by atoms with Crippen molar-refractivity contribution in [1.82, 2.24) is 14.8 Å². The van der Waals surface area contributed by atoms with Gasteiger partial charge in [-0.05, 0) is 29.3 Å². The van der Waals surface area contributed by atoms with Crippen LogP contribution in [0.5, 0.6) is 0 Å². The molecule has 124 valence electrons. The van der Waals surface area contributed by atoms with Crippen molar-refractivity contribution in [3.05, 3.63) is 64.9 Å². The highest BCUT2D eigenvalue weighted by Gasteiger charge is 2.46. The summed E-state index contributed by atoms with van der Waals surface area (Å²) in [6.45, 7) is 1.49. The lowest BCUT2D eigenvalue weighted by Crippen LogP contribution is -2.39. The first-order chi connectivity index (χ1) is 11.5. The second-order valence-corrected chi connectivity index (χ2v) is 6.32. The fourth-order valence-corrected chi connectivity index (χ4v) is 3.30. The summed E-state index contributed by atoms with van der Waals surface area (Å²) in [5, 5.41) is 0.618. The van der Waals surface area contributed by atoms with E-state index in [-0.39, 0.29) is 11.8 Å². The quantitative estimate of drug-likeness (QED) is 0.861. The number of aromatic nitrogens is 1. The van der Waals surface area contributed by atoms with Crippen molar-refractivity contribution in [2.24, 2.45) is 0 Å². The van der Waals surface area contributed by atoms with Crippen molar-refractivity contribution in [2.75, 3.05) is 7.05 Å². The van der Waals surface area contributed by atoms with Gasteiger partial charge in [0, 0.05) is 37.8 Å². The average Bonchev–Trinajstić information content (AvgIpc) is 2.82. The Morgan fingerprint density at radius 2 is 1.96 bits per heavy atom. The summed E-state index contributed by atoms with van der Waals surface area (Å²) in [5.41, 5.74) is 1.78. The monoisotopic (exact) mass is 343 g/mol. The highest BCUT2D eigenvalue weighted by atomic mass is 35.5. The number of hydrogen-bond acceptors (Lipinski definition) is 3. The van der Waals surface area contributed by atoms with Crippen molar-refractivity contribution < 1.29 is 9.59 Å². The molecule has 0 radical (unpaired) electrons. The number of hydrogen-bond donors (Lipinski definition) is 0. The fourth-order valence-electron chi connectivity index (χ4n) is 3.17. The Kier molecular flexibility index (Phi) is 4.53. The van der Waals surface area contributed by atoms with Crippen molar-refractivity contribution in [3.63, 3.8) is 0 Å². The zero-order valence-corrected chi connectivity index (χ0v) is 14.3. The van der Waals surface area contributed by atoms with Crippen LogP contribution in [0.2, 0.25) is 5.02 Å². The Balaban J connectivity index is 1.96. The predicted octanol–water partition coefficient (Wildman–Crippen LogP) is 2.67. The lowest BCUT2D eigenvalue weighted by Gasteiger charge is -2.29. The SMILES string of the molecule is CC(=O)N1C(c2ccc(Cl)cc2)N(C)C(=O)[C@H]1Cc1cccnc1. The van der Waals surface area contributed by atoms with Crippen molar-refractivity contribution in [3.8, 4) is 0 Å². The third kappa shape index (κ3) is 2.99. The molecule has 5 nitrogen and oxygen atoms in total. The van der Waals surface area contributed by atoms with Crippen molar-refractivity contribution in [2.45, 2.75) is 25.6 Å². The third-order valence-corrected chi connectivity index (χ3v) is 4.53. The van der Waals surface area contributed by atoms with Crippen molar-refractivity contribution >= 4 is 23.4 Å². The average molecular weight is 344 g/mol. The fraction of sp³-hybridized carbons (Fsp3) is 0.278. The van der Waals surface area contributed by atoms with Crippen LogP contribution < -0.4 is 0 Å². The van der Waals surface area contributed by atoms with E-state index in [1.54, 1.807) is 41.4 Å². The van der Waals surface area contributed by atoms with E-state index < -0.39 is 12.2 Å². The Labute approximate surface area is 145 Å². The maximum atomic E-state index is 12.8. The summed E-state index contributed by atoms with van der Waals surface area (Å²) >= 11 is 5.95. The highest BCUT2D eigenvalue weighted by Crippen LogP contribution is 2.35. The van der Waals surface area contributed by atoms with Crippen LogP contribution in [0.1, 0.15) is 24.2 Å². The summed E-state index contributed by atoms with van der Waals surface area (Å²) in [7, 11) is 1.72. The second-order valence-electron chi connectivity index (χ2n) is 5.88. The van der Waals surface area contributed by atoms with E-state index in [4.69, 9.17) is 11.6 Å². The largest absolute Gasteiger partial charge is 0.319 e. The molecule has 0 saturated carbocycles. The molecule has 2 amide bonds. The molecule has 2 heterocycles.